The van der Waals surface area contributed by atoms with Gasteiger partial charge in [0, 0.05) is 23.6 Å². The zero-order valence-corrected chi connectivity index (χ0v) is 11.6. The number of carbonyl (C=O) groups is 2. The number of hydrogen-bond donors (Lipinski definition) is 0. The third-order valence-corrected chi connectivity index (χ3v) is 3.08. The molecule has 0 bridgehead atoms. The van der Waals surface area contributed by atoms with Gasteiger partial charge in [-0.25, -0.2) is 4.79 Å². The van der Waals surface area contributed by atoms with Gasteiger partial charge in [0.2, 0.25) is 0 Å². The van der Waals surface area contributed by atoms with Gasteiger partial charge in [-0.05, 0) is 5.56 Å². The smallest absolute Gasteiger partial charge is 0.330 e. The summed E-state index contributed by atoms with van der Waals surface area (Å²) in [7, 11) is 0. The fraction of sp³-hybridized carbons (Fsp3) is 0.111. The van der Waals surface area contributed by atoms with Crippen LogP contribution in [0, 0.1) is 0 Å². The van der Waals surface area contributed by atoms with Gasteiger partial charge in [-0.2, -0.15) is 0 Å². The van der Waals surface area contributed by atoms with E-state index in [9.17, 15) is 9.59 Å². The van der Waals surface area contributed by atoms with Crippen molar-refractivity contribution in [1.29, 1.82) is 0 Å². The summed E-state index contributed by atoms with van der Waals surface area (Å²) in [5, 5.41) is 0. The second kappa shape index (κ2) is 7.20. The van der Waals surface area contributed by atoms with Gasteiger partial charge in [-0.3, -0.25) is 4.79 Å². The number of carbonyl (C=O) groups excluding carboxylic acids is 2. The minimum absolute atomic E-state index is 0.0266. The lowest BCUT2D eigenvalue weighted by molar-refractivity contribution is -0.137. The van der Waals surface area contributed by atoms with Gasteiger partial charge in [-0.15, -0.1) is 0 Å². The summed E-state index contributed by atoms with van der Waals surface area (Å²) in [6.45, 7) is 3.57. The molecule has 0 aliphatic rings. The first-order chi connectivity index (χ1) is 10.2. The highest BCUT2D eigenvalue weighted by Crippen LogP contribution is 2.15. The van der Waals surface area contributed by atoms with E-state index in [1.54, 1.807) is 18.2 Å². The Morgan fingerprint density at radius 2 is 1.67 bits per heavy atom. The summed E-state index contributed by atoms with van der Waals surface area (Å²) in [5.41, 5.74) is 2.15. The molecule has 0 unspecified atom stereocenters. The Bertz CT molecular complexity index is 645. The number of ketones is 1. The molecule has 3 heteroatoms. The van der Waals surface area contributed by atoms with Gasteiger partial charge in [0.1, 0.15) is 0 Å². The van der Waals surface area contributed by atoms with Gasteiger partial charge >= 0.3 is 5.97 Å². The normalized spacial score (nSPS) is 9.90. The summed E-state index contributed by atoms with van der Waals surface area (Å²) in [4.78, 5) is 23.5. The minimum Gasteiger partial charge on any atom is -0.462 e. The van der Waals surface area contributed by atoms with Crippen LogP contribution in [0.4, 0.5) is 0 Å². The van der Waals surface area contributed by atoms with Crippen molar-refractivity contribution in [1.82, 2.24) is 0 Å². The maximum Gasteiger partial charge on any atom is 0.330 e. The van der Waals surface area contributed by atoms with Gasteiger partial charge in [-0.1, -0.05) is 61.2 Å². The van der Waals surface area contributed by atoms with E-state index in [1.807, 2.05) is 36.4 Å². The molecule has 0 N–H and O–H groups in total. The molecule has 2 rings (SSSR count). The monoisotopic (exact) mass is 280 g/mol. The van der Waals surface area contributed by atoms with E-state index in [2.05, 4.69) is 6.58 Å². The van der Waals surface area contributed by atoms with E-state index in [0.29, 0.717) is 17.5 Å². The van der Waals surface area contributed by atoms with Crippen LogP contribution in [-0.2, 0) is 16.0 Å². The lowest BCUT2D eigenvalue weighted by atomic mass is 9.97. The van der Waals surface area contributed by atoms with Crippen molar-refractivity contribution in [3.05, 3.63) is 83.9 Å². The molecule has 2 aromatic carbocycles. The van der Waals surface area contributed by atoms with Crippen LogP contribution < -0.4 is 0 Å². The number of ether oxygens (including phenoxy) is 1. The molecular weight excluding hydrogens is 264 g/mol. The molecule has 0 spiro atoms. The zero-order chi connectivity index (χ0) is 15.1. The van der Waals surface area contributed by atoms with Crippen LogP contribution in [0.1, 0.15) is 21.5 Å². The molecular formula is C18H16O3. The fourth-order valence-electron chi connectivity index (χ4n) is 2.03. The van der Waals surface area contributed by atoms with Crippen molar-refractivity contribution in [3.8, 4) is 0 Å². The van der Waals surface area contributed by atoms with E-state index < -0.39 is 5.97 Å². The van der Waals surface area contributed by atoms with E-state index in [1.165, 1.54) is 0 Å². The van der Waals surface area contributed by atoms with Gasteiger partial charge in [0.15, 0.2) is 5.78 Å². The molecule has 0 saturated carbocycles. The van der Waals surface area contributed by atoms with Crippen LogP contribution in [0.5, 0.6) is 0 Å². The third kappa shape index (κ3) is 3.89. The number of esters is 1. The van der Waals surface area contributed by atoms with E-state index >= 15 is 0 Å². The second-order valence-electron chi connectivity index (χ2n) is 4.47. The molecule has 0 aliphatic carbocycles. The zero-order valence-electron chi connectivity index (χ0n) is 11.6. The second-order valence-corrected chi connectivity index (χ2v) is 4.47. The minimum atomic E-state index is -0.457. The van der Waals surface area contributed by atoms with E-state index in [4.69, 9.17) is 4.74 Å². The van der Waals surface area contributed by atoms with Crippen LogP contribution >= 0.6 is 0 Å². The number of rotatable bonds is 6. The Balaban J connectivity index is 2.15. The van der Waals surface area contributed by atoms with Crippen molar-refractivity contribution in [2.75, 3.05) is 6.61 Å². The quantitative estimate of drug-likeness (QED) is 0.463. The molecule has 0 atom stereocenters. The molecule has 3 nitrogen and oxygen atoms in total. The van der Waals surface area contributed by atoms with E-state index in [0.717, 1.165) is 11.6 Å². The first kappa shape index (κ1) is 14.7. The topological polar surface area (TPSA) is 43.4 Å². The van der Waals surface area contributed by atoms with Crippen molar-refractivity contribution < 1.29 is 14.3 Å². The Kier molecular flexibility index (Phi) is 5.04. The van der Waals surface area contributed by atoms with Crippen LogP contribution in [0.15, 0.2) is 67.3 Å². The molecule has 21 heavy (non-hydrogen) atoms. The summed E-state index contributed by atoms with van der Waals surface area (Å²) < 4.78 is 4.97. The van der Waals surface area contributed by atoms with Gasteiger partial charge < -0.3 is 4.74 Å². The molecule has 0 radical (unpaired) electrons. The molecule has 0 aliphatic heterocycles. The Morgan fingerprint density at radius 1 is 1.00 bits per heavy atom. The van der Waals surface area contributed by atoms with Crippen LogP contribution in [-0.4, -0.2) is 18.4 Å². The predicted octanol–water partition coefficient (Wildman–Crippen LogP) is 3.19. The highest BCUT2D eigenvalue weighted by molar-refractivity contribution is 6.09. The van der Waals surface area contributed by atoms with Crippen molar-refractivity contribution >= 4 is 11.8 Å². The van der Waals surface area contributed by atoms with Crippen LogP contribution in [0.2, 0.25) is 0 Å². The summed E-state index contributed by atoms with van der Waals surface area (Å²) in [5.74, 6) is -0.483. The Labute approximate surface area is 123 Å². The molecule has 0 saturated heterocycles. The van der Waals surface area contributed by atoms with Gasteiger partial charge in [0.25, 0.3) is 0 Å². The average molecular weight is 280 g/mol. The predicted molar refractivity (Wildman–Crippen MR) is 81.2 cm³/mol. The molecule has 0 heterocycles. The summed E-state index contributed by atoms with van der Waals surface area (Å²) in [6.07, 6.45) is 1.62. The molecule has 2 aromatic rings. The number of benzene rings is 2. The van der Waals surface area contributed by atoms with Crippen molar-refractivity contribution in [2.24, 2.45) is 0 Å². The summed E-state index contributed by atoms with van der Waals surface area (Å²) >= 11 is 0. The maximum atomic E-state index is 12.5. The molecule has 106 valence electrons. The first-order valence-corrected chi connectivity index (χ1v) is 6.69. The Hall–Kier alpha value is -2.68. The van der Waals surface area contributed by atoms with Crippen LogP contribution in [0.25, 0.3) is 0 Å². The molecule has 0 aromatic heterocycles. The lowest BCUT2D eigenvalue weighted by Gasteiger charge is -2.09. The van der Waals surface area contributed by atoms with Crippen molar-refractivity contribution in [2.45, 2.75) is 6.42 Å². The first-order valence-electron chi connectivity index (χ1n) is 6.69. The number of hydrogen-bond acceptors (Lipinski definition) is 3. The highest BCUT2D eigenvalue weighted by atomic mass is 16.5. The standard InChI is InChI=1S/C18H16O3/c1-2-17(19)21-13-12-14-8-6-7-11-16(14)18(20)15-9-4-3-5-10-15/h2-11H,1,12-13H2. The van der Waals surface area contributed by atoms with Crippen molar-refractivity contribution in [3.63, 3.8) is 0 Å². The Morgan fingerprint density at radius 3 is 2.38 bits per heavy atom. The fourth-order valence-corrected chi connectivity index (χ4v) is 2.03. The summed E-state index contributed by atoms with van der Waals surface area (Å²) in [6, 6.07) is 16.5. The largest absolute Gasteiger partial charge is 0.462 e. The molecule has 0 amide bonds. The third-order valence-electron chi connectivity index (χ3n) is 3.08. The SMILES string of the molecule is C=CC(=O)OCCc1ccccc1C(=O)c1ccccc1. The van der Waals surface area contributed by atoms with Crippen LogP contribution in [0.3, 0.4) is 0 Å². The molecule has 0 fully saturated rings. The van der Waals surface area contributed by atoms with E-state index in [-0.39, 0.29) is 12.4 Å². The lowest BCUT2D eigenvalue weighted by Crippen LogP contribution is -2.09. The maximum absolute atomic E-state index is 12.5. The highest BCUT2D eigenvalue weighted by Gasteiger charge is 2.12. The van der Waals surface area contributed by atoms with Gasteiger partial charge in [0.05, 0.1) is 6.61 Å². The average Bonchev–Trinajstić information content (AvgIpc) is 2.55.